The summed E-state index contributed by atoms with van der Waals surface area (Å²) in [6.07, 6.45) is 0.0413. The third-order valence-corrected chi connectivity index (χ3v) is 4.81. The Balaban J connectivity index is 2.30. The Kier molecular flexibility index (Phi) is 6.29. The Bertz CT molecular complexity index is 942. The largest absolute Gasteiger partial charge is 0.497 e. The lowest BCUT2D eigenvalue weighted by molar-refractivity contribution is -0.115. The molecule has 0 saturated heterocycles. The van der Waals surface area contributed by atoms with E-state index in [0.29, 0.717) is 28.4 Å². The SMILES string of the molecule is COc1ccc(CC(=O)Nc2cc(S(N)(=O)=O)ccc2N(C)C)c(OC)c1. The average Bonchev–Trinajstić information content (AvgIpc) is 2.60. The second-order valence-electron chi connectivity index (χ2n) is 6.02. The fourth-order valence-electron chi connectivity index (χ4n) is 2.55. The normalized spacial score (nSPS) is 11.0. The summed E-state index contributed by atoms with van der Waals surface area (Å²) in [5.41, 5.74) is 1.67. The fourth-order valence-corrected chi connectivity index (χ4v) is 3.09. The molecule has 0 atom stereocenters. The van der Waals surface area contributed by atoms with Crippen LogP contribution in [0.4, 0.5) is 11.4 Å². The Hall–Kier alpha value is -2.78. The zero-order chi connectivity index (χ0) is 20.2. The number of primary sulfonamides is 1. The minimum Gasteiger partial charge on any atom is -0.497 e. The number of methoxy groups -OCH3 is 2. The number of sulfonamides is 1. The molecule has 0 aromatic heterocycles. The lowest BCUT2D eigenvalue weighted by Crippen LogP contribution is -2.20. The maximum absolute atomic E-state index is 12.5. The van der Waals surface area contributed by atoms with Crippen LogP contribution in [0, 0.1) is 0 Å². The first kappa shape index (κ1) is 20.5. The van der Waals surface area contributed by atoms with Gasteiger partial charge in [-0.05, 0) is 24.3 Å². The molecule has 0 fully saturated rings. The van der Waals surface area contributed by atoms with Crippen molar-refractivity contribution in [3.05, 3.63) is 42.0 Å². The zero-order valence-corrected chi connectivity index (χ0v) is 16.5. The lowest BCUT2D eigenvalue weighted by atomic mass is 10.1. The highest BCUT2D eigenvalue weighted by molar-refractivity contribution is 7.89. The number of carbonyl (C=O) groups excluding carboxylic acids is 1. The summed E-state index contributed by atoms with van der Waals surface area (Å²) in [5.74, 6) is 0.815. The molecule has 2 aromatic carbocycles. The van der Waals surface area contributed by atoms with E-state index in [2.05, 4.69) is 5.32 Å². The molecule has 9 heteroatoms. The van der Waals surface area contributed by atoms with Gasteiger partial charge < -0.3 is 19.7 Å². The van der Waals surface area contributed by atoms with Crippen molar-refractivity contribution in [3.8, 4) is 11.5 Å². The molecule has 0 aliphatic carbocycles. The Morgan fingerprint density at radius 1 is 1.11 bits per heavy atom. The van der Waals surface area contributed by atoms with Crippen LogP contribution in [-0.4, -0.2) is 42.6 Å². The first-order valence-corrected chi connectivity index (χ1v) is 9.55. The maximum Gasteiger partial charge on any atom is 0.238 e. The van der Waals surface area contributed by atoms with E-state index in [4.69, 9.17) is 14.6 Å². The molecule has 0 saturated carbocycles. The Morgan fingerprint density at radius 2 is 1.81 bits per heavy atom. The quantitative estimate of drug-likeness (QED) is 0.739. The number of benzene rings is 2. The van der Waals surface area contributed by atoms with E-state index in [-0.39, 0.29) is 17.2 Å². The van der Waals surface area contributed by atoms with Gasteiger partial charge in [0.05, 0.1) is 36.9 Å². The van der Waals surface area contributed by atoms with Gasteiger partial charge in [0.2, 0.25) is 15.9 Å². The Labute approximate surface area is 158 Å². The van der Waals surface area contributed by atoms with Gasteiger partial charge in [0.1, 0.15) is 11.5 Å². The Morgan fingerprint density at radius 3 is 2.37 bits per heavy atom. The van der Waals surface area contributed by atoms with Crippen LogP contribution in [0.2, 0.25) is 0 Å². The van der Waals surface area contributed by atoms with Crippen molar-refractivity contribution in [2.45, 2.75) is 11.3 Å². The molecular weight excluding hydrogens is 370 g/mol. The van der Waals surface area contributed by atoms with Crippen molar-refractivity contribution in [1.29, 1.82) is 0 Å². The van der Waals surface area contributed by atoms with Crippen LogP contribution in [0.15, 0.2) is 41.3 Å². The molecule has 2 rings (SSSR count). The molecule has 8 nitrogen and oxygen atoms in total. The first-order valence-electron chi connectivity index (χ1n) is 8.00. The number of amides is 1. The number of nitrogens with one attached hydrogen (secondary N) is 1. The van der Waals surface area contributed by atoms with E-state index in [0.717, 1.165) is 0 Å². The van der Waals surface area contributed by atoms with Crippen molar-refractivity contribution in [2.75, 3.05) is 38.5 Å². The second-order valence-corrected chi connectivity index (χ2v) is 7.58. The van der Waals surface area contributed by atoms with Gasteiger partial charge in [-0.3, -0.25) is 4.79 Å². The topological polar surface area (TPSA) is 111 Å². The highest BCUT2D eigenvalue weighted by Gasteiger charge is 2.16. The van der Waals surface area contributed by atoms with Crippen LogP contribution >= 0.6 is 0 Å². The summed E-state index contributed by atoms with van der Waals surface area (Å²) in [6.45, 7) is 0. The van der Waals surface area contributed by atoms with Crippen molar-refractivity contribution in [2.24, 2.45) is 5.14 Å². The number of nitrogens with two attached hydrogens (primary N) is 1. The smallest absolute Gasteiger partial charge is 0.238 e. The third-order valence-electron chi connectivity index (χ3n) is 3.90. The van der Waals surface area contributed by atoms with Gasteiger partial charge in [0.25, 0.3) is 0 Å². The molecule has 3 N–H and O–H groups in total. The van der Waals surface area contributed by atoms with E-state index in [1.165, 1.54) is 19.2 Å². The molecule has 1 amide bonds. The lowest BCUT2D eigenvalue weighted by Gasteiger charge is -2.19. The minimum absolute atomic E-state index is 0.0413. The summed E-state index contributed by atoms with van der Waals surface area (Å²) in [5, 5.41) is 7.93. The van der Waals surface area contributed by atoms with Gasteiger partial charge in [-0.2, -0.15) is 0 Å². The summed E-state index contributed by atoms with van der Waals surface area (Å²) in [6, 6.07) is 9.49. The van der Waals surface area contributed by atoms with Crippen LogP contribution in [0.3, 0.4) is 0 Å². The van der Waals surface area contributed by atoms with Gasteiger partial charge in [-0.1, -0.05) is 6.07 Å². The predicted octanol–water partition coefficient (Wildman–Crippen LogP) is 1.60. The number of rotatable bonds is 7. The predicted molar refractivity (Wildman–Crippen MR) is 104 cm³/mol. The number of hydrogen-bond donors (Lipinski definition) is 2. The summed E-state index contributed by atoms with van der Waals surface area (Å²) in [4.78, 5) is 14.2. The van der Waals surface area contributed by atoms with Crippen LogP contribution in [-0.2, 0) is 21.2 Å². The number of hydrogen-bond acceptors (Lipinski definition) is 6. The average molecular weight is 393 g/mol. The minimum atomic E-state index is -3.88. The van der Waals surface area contributed by atoms with Crippen LogP contribution in [0.1, 0.15) is 5.56 Å². The maximum atomic E-state index is 12.5. The fraction of sp³-hybridized carbons (Fsp3) is 0.278. The highest BCUT2D eigenvalue weighted by atomic mass is 32.2. The van der Waals surface area contributed by atoms with Gasteiger partial charge >= 0.3 is 0 Å². The van der Waals surface area contributed by atoms with Gasteiger partial charge in [0, 0.05) is 25.7 Å². The third kappa shape index (κ3) is 5.11. The first-order chi connectivity index (χ1) is 12.7. The second kappa shape index (κ2) is 8.28. The van der Waals surface area contributed by atoms with Gasteiger partial charge in [-0.25, -0.2) is 13.6 Å². The zero-order valence-electron chi connectivity index (χ0n) is 15.6. The van der Waals surface area contributed by atoms with Crippen LogP contribution < -0.4 is 24.8 Å². The molecule has 0 radical (unpaired) electrons. The van der Waals surface area contributed by atoms with Crippen LogP contribution in [0.25, 0.3) is 0 Å². The molecule has 146 valence electrons. The number of ether oxygens (including phenoxy) is 2. The van der Waals surface area contributed by atoms with E-state index in [1.54, 1.807) is 50.4 Å². The summed E-state index contributed by atoms with van der Waals surface area (Å²) < 4.78 is 33.7. The van der Waals surface area contributed by atoms with Crippen molar-refractivity contribution >= 4 is 27.3 Å². The number of carbonyl (C=O) groups is 1. The number of anilines is 2. The number of nitrogens with zero attached hydrogens (tertiary/aromatic N) is 1. The molecule has 0 aliphatic rings. The van der Waals surface area contributed by atoms with Gasteiger partial charge in [-0.15, -0.1) is 0 Å². The van der Waals surface area contributed by atoms with E-state index >= 15 is 0 Å². The molecule has 0 spiro atoms. The molecular formula is C18H23N3O5S. The summed E-state index contributed by atoms with van der Waals surface area (Å²) >= 11 is 0. The molecule has 0 aliphatic heterocycles. The van der Waals surface area contributed by atoms with E-state index in [1.807, 2.05) is 0 Å². The van der Waals surface area contributed by atoms with Crippen molar-refractivity contribution < 1.29 is 22.7 Å². The molecule has 27 heavy (non-hydrogen) atoms. The van der Waals surface area contributed by atoms with Crippen molar-refractivity contribution in [1.82, 2.24) is 0 Å². The molecule has 0 heterocycles. The monoisotopic (exact) mass is 393 g/mol. The molecule has 2 aromatic rings. The standard InChI is InChI=1S/C18H23N3O5S/c1-21(2)16-8-7-14(27(19,23)24)11-15(16)20-18(22)9-12-5-6-13(25-3)10-17(12)26-4/h5-8,10-11H,9H2,1-4H3,(H,20,22)(H2,19,23,24). The molecule has 0 bridgehead atoms. The highest BCUT2D eigenvalue weighted by Crippen LogP contribution is 2.29. The van der Waals surface area contributed by atoms with Crippen molar-refractivity contribution in [3.63, 3.8) is 0 Å². The molecule has 0 unspecified atom stereocenters. The van der Waals surface area contributed by atoms with Gasteiger partial charge in [0.15, 0.2) is 0 Å². The van der Waals surface area contributed by atoms with Crippen LogP contribution in [0.5, 0.6) is 11.5 Å². The summed E-state index contributed by atoms with van der Waals surface area (Å²) in [7, 11) is 2.74. The van der Waals surface area contributed by atoms with E-state index in [9.17, 15) is 13.2 Å². The van der Waals surface area contributed by atoms with E-state index < -0.39 is 10.0 Å².